The number of halogens is 1. The van der Waals surface area contributed by atoms with E-state index < -0.39 is 0 Å². The molecule has 0 aliphatic heterocycles. The maximum absolute atomic E-state index is 5.75. The van der Waals surface area contributed by atoms with Crippen molar-refractivity contribution < 1.29 is 0 Å². The molecule has 0 aromatic rings. The summed E-state index contributed by atoms with van der Waals surface area (Å²) in [4.78, 5) is 0. The molecule has 0 bridgehead atoms. The fourth-order valence-electron chi connectivity index (χ4n) is 1.67. The van der Waals surface area contributed by atoms with Gasteiger partial charge >= 0.3 is 0 Å². The second-order valence-electron chi connectivity index (χ2n) is 4.51. The topological polar surface area (TPSA) is 12.0 Å². The van der Waals surface area contributed by atoms with E-state index in [0.717, 1.165) is 18.2 Å². The van der Waals surface area contributed by atoms with Crippen molar-refractivity contribution >= 4 is 11.6 Å². The minimum atomic E-state index is 0.622. The van der Waals surface area contributed by atoms with Crippen LogP contribution in [-0.2, 0) is 0 Å². The van der Waals surface area contributed by atoms with Crippen LogP contribution in [0.15, 0.2) is 0 Å². The summed E-state index contributed by atoms with van der Waals surface area (Å²) in [7, 11) is 0. The van der Waals surface area contributed by atoms with E-state index in [4.69, 9.17) is 11.6 Å². The van der Waals surface area contributed by atoms with Gasteiger partial charge in [-0.05, 0) is 31.2 Å². The number of hydrogen-bond donors (Lipinski definition) is 1. The van der Waals surface area contributed by atoms with Crippen LogP contribution >= 0.6 is 11.6 Å². The number of rotatable bonds is 7. The van der Waals surface area contributed by atoms with Crippen LogP contribution in [-0.4, -0.2) is 18.5 Å². The predicted octanol–water partition coefficient (Wildman–Crippen LogP) is 3.03. The molecule has 0 spiro atoms. The molecular weight excluding hydrogens is 182 g/mol. The number of alkyl halides is 1. The summed E-state index contributed by atoms with van der Waals surface area (Å²) in [6.45, 7) is 5.72. The van der Waals surface area contributed by atoms with Gasteiger partial charge in [0.15, 0.2) is 0 Å². The SMILES string of the molecule is CC(C)C(CCCl)NCCC1CC1. The first-order valence-corrected chi connectivity index (χ1v) is 6.07. The van der Waals surface area contributed by atoms with Crippen molar-refractivity contribution in [1.29, 1.82) is 0 Å². The molecule has 1 atom stereocenters. The van der Waals surface area contributed by atoms with Crippen LogP contribution in [0.1, 0.15) is 39.5 Å². The molecule has 0 saturated heterocycles. The molecule has 78 valence electrons. The lowest BCUT2D eigenvalue weighted by Crippen LogP contribution is -2.35. The Balaban J connectivity index is 2.05. The summed E-state index contributed by atoms with van der Waals surface area (Å²) in [5.74, 6) is 2.52. The van der Waals surface area contributed by atoms with E-state index in [1.165, 1.54) is 25.8 Å². The molecule has 0 aromatic heterocycles. The first-order chi connectivity index (χ1) is 6.24. The highest BCUT2D eigenvalue weighted by atomic mass is 35.5. The van der Waals surface area contributed by atoms with Crippen molar-refractivity contribution in [2.45, 2.75) is 45.6 Å². The standard InChI is InChI=1S/C11H22ClN/c1-9(2)11(5-7-12)13-8-6-10-3-4-10/h9-11,13H,3-8H2,1-2H3. The Bertz CT molecular complexity index is 132. The summed E-state index contributed by atoms with van der Waals surface area (Å²) in [6.07, 6.45) is 5.39. The van der Waals surface area contributed by atoms with E-state index in [0.29, 0.717) is 12.0 Å². The molecule has 0 heterocycles. The number of hydrogen-bond acceptors (Lipinski definition) is 1. The molecule has 0 amide bonds. The third-order valence-corrected chi connectivity index (χ3v) is 3.10. The van der Waals surface area contributed by atoms with Crippen LogP contribution in [0.3, 0.4) is 0 Å². The van der Waals surface area contributed by atoms with Crippen molar-refractivity contribution in [2.24, 2.45) is 11.8 Å². The smallest absolute Gasteiger partial charge is 0.0238 e. The first kappa shape index (κ1) is 11.3. The maximum atomic E-state index is 5.75. The van der Waals surface area contributed by atoms with Crippen LogP contribution in [0.25, 0.3) is 0 Å². The average molecular weight is 204 g/mol. The minimum Gasteiger partial charge on any atom is -0.314 e. The predicted molar refractivity (Wildman–Crippen MR) is 59.3 cm³/mol. The number of nitrogens with one attached hydrogen (secondary N) is 1. The Labute approximate surface area is 87.2 Å². The molecule has 1 unspecified atom stereocenters. The normalized spacial score (nSPS) is 19.4. The Morgan fingerprint density at radius 1 is 1.38 bits per heavy atom. The molecule has 13 heavy (non-hydrogen) atoms. The highest BCUT2D eigenvalue weighted by Gasteiger charge is 2.21. The van der Waals surface area contributed by atoms with E-state index >= 15 is 0 Å². The van der Waals surface area contributed by atoms with E-state index in [1.54, 1.807) is 0 Å². The summed E-state index contributed by atoms with van der Waals surface area (Å²) in [5.41, 5.74) is 0. The quantitative estimate of drug-likeness (QED) is 0.628. The van der Waals surface area contributed by atoms with Crippen LogP contribution in [0, 0.1) is 11.8 Å². The second kappa shape index (κ2) is 5.87. The zero-order chi connectivity index (χ0) is 9.68. The van der Waals surface area contributed by atoms with E-state index in [9.17, 15) is 0 Å². The third kappa shape index (κ3) is 4.87. The Morgan fingerprint density at radius 3 is 2.54 bits per heavy atom. The minimum absolute atomic E-state index is 0.622. The monoisotopic (exact) mass is 203 g/mol. The highest BCUT2D eigenvalue weighted by molar-refractivity contribution is 6.17. The van der Waals surface area contributed by atoms with Gasteiger partial charge in [-0.1, -0.05) is 26.7 Å². The van der Waals surface area contributed by atoms with Gasteiger partial charge in [0.25, 0.3) is 0 Å². The van der Waals surface area contributed by atoms with Gasteiger partial charge in [-0.15, -0.1) is 11.6 Å². The van der Waals surface area contributed by atoms with Gasteiger partial charge in [-0.25, -0.2) is 0 Å². The second-order valence-corrected chi connectivity index (χ2v) is 4.89. The van der Waals surface area contributed by atoms with E-state index in [1.807, 2.05) is 0 Å². The van der Waals surface area contributed by atoms with Gasteiger partial charge in [0, 0.05) is 11.9 Å². The van der Waals surface area contributed by atoms with E-state index in [2.05, 4.69) is 19.2 Å². The molecule has 1 aliphatic carbocycles. The molecule has 1 saturated carbocycles. The zero-order valence-corrected chi connectivity index (χ0v) is 9.61. The molecule has 1 aliphatic rings. The van der Waals surface area contributed by atoms with E-state index in [-0.39, 0.29) is 0 Å². The van der Waals surface area contributed by atoms with Gasteiger partial charge in [0.05, 0.1) is 0 Å². The lowest BCUT2D eigenvalue weighted by Gasteiger charge is -2.21. The largest absolute Gasteiger partial charge is 0.314 e. The zero-order valence-electron chi connectivity index (χ0n) is 8.85. The van der Waals surface area contributed by atoms with Crippen molar-refractivity contribution in [2.75, 3.05) is 12.4 Å². The summed E-state index contributed by atoms with van der Waals surface area (Å²) in [5, 5.41) is 3.61. The summed E-state index contributed by atoms with van der Waals surface area (Å²) < 4.78 is 0. The molecule has 1 fully saturated rings. The summed E-state index contributed by atoms with van der Waals surface area (Å²) in [6, 6.07) is 0.622. The van der Waals surface area contributed by atoms with Gasteiger partial charge in [-0.2, -0.15) is 0 Å². The molecule has 1 rings (SSSR count). The Morgan fingerprint density at radius 2 is 2.08 bits per heavy atom. The molecule has 2 heteroatoms. The van der Waals surface area contributed by atoms with Crippen LogP contribution in [0.5, 0.6) is 0 Å². The lowest BCUT2D eigenvalue weighted by atomic mass is 10.0. The van der Waals surface area contributed by atoms with Gasteiger partial charge in [0.2, 0.25) is 0 Å². The fourth-order valence-corrected chi connectivity index (χ4v) is 1.90. The first-order valence-electron chi connectivity index (χ1n) is 5.53. The van der Waals surface area contributed by atoms with Crippen molar-refractivity contribution in [3.63, 3.8) is 0 Å². The van der Waals surface area contributed by atoms with Crippen LogP contribution in [0.2, 0.25) is 0 Å². The molecular formula is C11H22ClN. The molecule has 1 nitrogen and oxygen atoms in total. The van der Waals surface area contributed by atoms with Crippen LogP contribution in [0.4, 0.5) is 0 Å². The maximum Gasteiger partial charge on any atom is 0.0238 e. The highest BCUT2D eigenvalue weighted by Crippen LogP contribution is 2.31. The molecule has 1 N–H and O–H groups in total. The molecule has 0 aromatic carbocycles. The fraction of sp³-hybridized carbons (Fsp3) is 1.00. The van der Waals surface area contributed by atoms with Gasteiger partial charge in [-0.3, -0.25) is 0 Å². The Hall–Kier alpha value is 0.250. The van der Waals surface area contributed by atoms with Crippen molar-refractivity contribution in [1.82, 2.24) is 5.32 Å². The van der Waals surface area contributed by atoms with Gasteiger partial charge < -0.3 is 5.32 Å². The van der Waals surface area contributed by atoms with Crippen molar-refractivity contribution in [3.05, 3.63) is 0 Å². The van der Waals surface area contributed by atoms with Crippen LogP contribution < -0.4 is 5.32 Å². The third-order valence-electron chi connectivity index (χ3n) is 2.88. The average Bonchev–Trinajstić information content (AvgIpc) is 2.86. The lowest BCUT2D eigenvalue weighted by molar-refractivity contribution is 0.384. The summed E-state index contributed by atoms with van der Waals surface area (Å²) >= 11 is 5.75. The molecule has 0 radical (unpaired) electrons. The van der Waals surface area contributed by atoms with Crippen molar-refractivity contribution in [3.8, 4) is 0 Å². The Kier molecular flexibility index (Phi) is 5.12. The van der Waals surface area contributed by atoms with Gasteiger partial charge in [0.1, 0.15) is 0 Å².